The van der Waals surface area contributed by atoms with Crippen LogP contribution in [-0.2, 0) is 0 Å². The number of nitriles is 1. The van der Waals surface area contributed by atoms with Crippen molar-refractivity contribution in [2.24, 2.45) is 5.92 Å². The fourth-order valence-corrected chi connectivity index (χ4v) is 3.88. The van der Waals surface area contributed by atoms with Gasteiger partial charge in [-0.3, -0.25) is 4.79 Å². The van der Waals surface area contributed by atoms with E-state index in [0.29, 0.717) is 41.4 Å². The van der Waals surface area contributed by atoms with E-state index in [-0.39, 0.29) is 11.8 Å². The van der Waals surface area contributed by atoms with Crippen LogP contribution in [0.15, 0.2) is 48.9 Å². The molecule has 0 spiro atoms. The van der Waals surface area contributed by atoms with Gasteiger partial charge in [0.05, 0.1) is 37.1 Å². The quantitative estimate of drug-likeness (QED) is 0.508. The van der Waals surface area contributed by atoms with Gasteiger partial charge in [-0.1, -0.05) is 12.1 Å². The number of hydrogen-bond donors (Lipinski definition) is 0. The van der Waals surface area contributed by atoms with E-state index in [1.807, 2.05) is 31.2 Å². The van der Waals surface area contributed by atoms with E-state index in [4.69, 9.17) is 14.7 Å². The highest BCUT2D eigenvalue weighted by molar-refractivity contribution is 5.99. The third-order valence-electron chi connectivity index (χ3n) is 5.57. The Morgan fingerprint density at radius 1 is 1.26 bits per heavy atom. The number of ether oxygens (including phenoxy) is 2. The number of aromatic nitrogens is 3. The number of pyridine rings is 1. The molecule has 0 atom stereocenters. The van der Waals surface area contributed by atoms with Gasteiger partial charge in [-0.2, -0.15) is 10.4 Å². The number of benzene rings is 1. The van der Waals surface area contributed by atoms with Gasteiger partial charge in [-0.25, -0.2) is 9.50 Å². The Morgan fingerprint density at radius 3 is 2.87 bits per heavy atom. The molecule has 1 amide bonds. The second-order valence-corrected chi connectivity index (χ2v) is 7.50. The van der Waals surface area contributed by atoms with Crippen LogP contribution in [0.2, 0.25) is 0 Å². The highest BCUT2D eigenvalue weighted by Crippen LogP contribution is 2.33. The van der Waals surface area contributed by atoms with Crippen LogP contribution in [0.1, 0.15) is 15.9 Å². The Hall–Kier alpha value is -4.12. The van der Waals surface area contributed by atoms with Crippen molar-refractivity contribution in [2.45, 2.75) is 6.92 Å². The minimum absolute atomic E-state index is 0.0858. The van der Waals surface area contributed by atoms with E-state index >= 15 is 0 Å². The van der Waals surface area contributed by atoms with Crippen molar-refractivity contribution in [1.29, 1.82) is 5.26 Å². The molecule has 3 aromatic heterocycles. The van der Waals surface area contributed by atoms with Crippen LogP contribution in [0, 0.1) is 24.2 Å². The van der Waals surface area contributed by atoms with E-state index in [1.165, 1.54) is 0 Å². The van der Waals surface area contributed by atoms with E-state index in [9.17, 15) is 4.79 Å². The van der Waals surface area contributed by atoms with Gasteiger partial charge in [0.1, 0.15) is 22.5 Å². The predicted octanol–water partition coefficient (Wildman–Crippen LogP) is 3.59. The maximum Gasteiger partial charge on any atom is 0.255 e. The number of para-hydroxylation sites is 1. The summed E-state index contributed by atoms with van der Waals surface area (Å²) in [5.41, 5.74) is 2.81. The van der Waals surface area contributed by atoms with E-state index in [2.05, 4.69) is 16.2 Å². The van der Waals surface area contributed by atoms with Gasteiger partial charge in [0.15, 0.2) is 5.75 Å². The molecule has 4 aromatic rings. The molecule has 154 valence electrons. The molecule has 5 rings (SSSR count). The molecule has 1 aliphatic heterocycles. The lowest BCUT2D eigenvalue weighted by Crippen LogP contribution is -2.49. The number of fused-ring (bicyclic) bond motifs is 2. The summed E-state index contributed by atoms with van der Waals surface area (Å²) in [6.45, 7) is 2.80. The first kappa shape index (κ1) is 18.9. The van der Waals surface area contributed by atoms with Gasteiger partial charge in [-0.15, -0.1) is 0 Å². The number of aryl methyl sites for hydroxylation is 1. The predicted molar refractivity (Wildman–Crippen MR) is 113 cm³/mol. The lowest BCUT2D eigenvalue weighted by atomic mass is 10.0. The molecule has 0 unspecified atom stereocenters. The monoisotopic (exact) mass is 413 g/mol. The van der Waals surface area contributed by atoms with Crippen LogP contribution in [0.25, 0.3) is 16.4 Å². The number of carbonyl (C=O) groups is 1. The summed E-state index contributed by atoms with van der Waals surface area (Å²) >= 11 is 0. The maximum absolute atomic E-state index is 12.9. The highest BCUT2D eigenvalue weighted by atomic mass is 16.5. The lowest BCUT2D eigenvalue weighted by molar-refractivity contribution is 0.0576. The Balaban J connectivity index is 1.50. The summed E-state index contributed by atoms with van der Waals surface area (Å²) in [6, 6.07) is 11.6. The number of rotatable bonds is 4. The molecule has 0 aliphatic carbocycles. The standard InChI is InChI=1S/C23H19N5O3/c1-14-18(23(29)27-11-15(9-24)12-27)13-28-22(14)20(6-7-26-28)31-17-8-16-4-3-5-19(30-2)21(16)25-10-17/h3-8,10,13,15H,11-12H2,1-2H3. The summed E-state index contributed by atoms with van der Waals surface area (Å²) in [5, 5.41) is 14.2. The van der Waals surface area contributed by atoms with Crippen LogP contribution in [0.4, 0.5) is 0 Å². The van der Waals surface area contributed by atoms with Crippen molar-refractivity contribution >= 4 is 22.3 Å². The van der Waals surface area contributed by atoms with Gasteiger partial charge < -0.3 is 14.4 Å². The number of methoxy groups -OCH3 is 1. The molecule has 1 aliphatic rings. The number of amides is 1. The van der Waals surface area contributed by atoms with Crippen molar-refractivity contribution in [3.8, 4) is 23.3 Å². The second-order valence-electron chi connectivity index (χ2n) is 7.50. The molecule has 0 bridgehead atoms. The summed E-state index contributed by atoms with van der Waals surface area (Å²) in [6.07, 6.45) is 4.99. The van der Waals surface area contributed by atoms with Gasteiger partial charge in [0.2, 0.25) is 0 Å². The Labute approximate surface area is 178 Å². The second kappa shape index (κ2) is 7.29. The first-order valence-electron chi connectivity index (χ1n) is 9.85. The molecule has 8 heteroatoms. The fraction of sp³-hybridized carbons (Fsp3) is 0.217. The molecule has 1 aromatic carbocycles. The van der Waals surface area contributed by atoms with Crippen molar-refractivity contribution in [1.82, 2.24) is 19.5 Å². The molecule has 31 heavy (non-hydrogen) atoms. The molecular formula is C23H19N5O3. The molecule has 0 saturated carbocycles. The molecule has 4 heterocycles. The number of nitrogens with zero attached hydrogens (tertiary/aromatic N) is 5. The third-order valence-corrected chi connectivity index (χ3v) is 5.57. The van der Waals surface area contributed by atoms with Gasteiger partial charge in [0, 0.05) is 30.7 Å². The van der Waals surface area contributed by atoms with Crippen LogP contribution in [-0.4, -0.2) is 45.6 Å². The van der Waals surface area contributed by atoms with Crippen molar-refractivity contribution < 1.29 is 14.3 Å². The minimum atomic E-state index is -0.0973. The minimum Gasteiger partial charge on any atom is -0.494 e. The van der Waals surface area contributed by atoms with E-state index < -0.39 is 0 Å². The lowest BCUT2D eigenvalue weighted by Gasteiger charge is -2.35. The Bertz CT molecular complexity index is 1370. The number of likely N-dealkylation sites (tertiary alicyclic amines) is 1. The first-order valence-corrected chi connectivity index (χ1v) is 9.85. The van der Waals surface area contributed by atoms with Gasteiger partial charge in [0.25, 0.3) is 5.91 Å². The average molecular weight is 413 g/mol. The number of carbonyl (C=O) groups excluding carboxylic acids is 1. The molecule has 0 N–H and O–H groups in total. The zero-order chi connectivity index (χ0) is 21.5. The third kappa shape index (κ3) is 3.11. The molecule has 1 fully saturated rings. The van der Waals surface area contributed by atoms with Crippen LogP contribution >= 0.6 is 0 Å². The zero-order valence-electron chi connectivity index (χ0n) is 17.1. The smallest absolute Gasteiger partial charge is 0.255 e. The van der Waals surface area contributed by atoms with E-state index in [1.54, 1.807) is 41.2 Å². The molecular weight excluding hydrogens is 394 g/mol. The summed E-state index contributed by atoms with van der Waals surface area (Å²) in [7, 11) is 1.61. The summed E-state index contributed by atoms with van der Waals surface area (Å²) in [4.78, 5) is 19.0. The van der Waals surface area contributed by atoms with Gasteiger partial charge in [-0.05, 0) is 24.6 Å². The first-order chi connectivity index (χ1) is 15.1. The molecule has 8 nitrogen and oxygen atoms in total. The Kier molecular flexibility index (Phi) is 4.44. The summed E-state index contributed by atoms with van der Waals surface area (Å²) < 4.78 is 13.2. The van der Waals surface area contributed by atoms with E-state index in [0.717, 1.165) is 16.5 Å². The van der Waals surface area contributed by atoms with Gasteiger partial charge >= 0.3 is 0 Å². The SMILES string of the molecule is COc1cccc2cc(Oc3ccnn4cc(C(=O)N5CC(C#N)C5)c(C)c34)cnc12. The van der Waals surface area contributed by atoms with Crippen molar-refractivity contribution in [3.05, 3.63) is 60.0 Å². The maximum atomic E-state index is 12.9. The van der Waals surface area contributed by atoms with Crippen LogP contribution in [0.3, 0.4) is 0 Å². The average Bonchev–Trinajstić information content (AvgIpc) is 3.10. The van der Waals surface area contributed by atoms with Crippen molar-refractivity contribution in [3.63, 3.8) is 0 Å². The zero-order valence-corrected chi connectivity index (χ0v) is 17.1. The van der Waals surface area contributed by atoms with Crippen LogP contribution < -0.4 is 9.47 Å². The normalized spacial score (nSPS) is 13.8. The Morgan fingerprint density at radius 2 is 2.10 bits per heavy atom. The van der Waals surface area contributed by atoms with Crippen molar-refractivity contribution in [2.75, 3.05) is 20.2 Å². The topological polar surface area (TPSA) is 92.8 Å². The largest absolute Gasteiger partial charge is 0.494 e. The number of hydrogen-bond acceptors (Lipinski definition) is 6. The van der Waals surface area contributed by atoms with Crippen LogP contribution in [0.5, 0.6) is 17.2 Å². The highest BCUT2D eigenvalue weighted by Gasteiger charge is 2.32. The molecule has 1 saturated heterocycles. The molecule has 0 radical (unpaired) electrons. The fourth-order valence-electron chi connectivity index (χ4n) is 3.88. The summed E-state index contributed by atoms with van der Waals surface area (Å²) in [5.74, 6) is 1.67.